The van der Waals surface area contributed by atoms with Gasteiger partial charge in [0.05, 0.1) is 24.5 Å². The van der Waals surface area contributed by atoms with E-state index >= 15 is 0 Å². The average Bonchev–Trinajstić information content (AvgIpc) is 3.29. The molecule has 1 aliphatic heterocycles. The number of ketones is 1. The molecule has 2 aliphatic rings. The fourth-order valence-corrected chi connectivity index (χ4v) is 4.84. The van der Waals surface area contributed by atoms with E-state index in [1.54, 1.807) is 0 Å². The van der Waals surface area contributed by atoms with Crippen LogP contribution in [0.1, 0.15) is 45.6 Å². The van der Waals surface area contributed by atoms with Gasteiger partial charge in [0.25, 0.3) is 5.91 Å². The van der Waals surface area contributed by atoms with Gasteiger partial charge in [-0.25, -0.2) is 9.18 Å². The van der Waals surface area contributed by atoms with Crippen LogP contribution in [0.5, 0.6) is 0 Å². The van der Waals surface area contributed by atoms with Gasteiger partial charge < -0.3 is 29.4 Å². The number of halogens is 1. The van der Waals surface area contributed by atoms with Crippen molar-refractivity contribution in [1.29, 1.82) is 0 Å². The Bertz CT molecular complexity index is 1260. The second-order valence-electron chi connectivity index (χ2n) is 9.39. The number of carboxylic acids is 2. The van der Waals surface area contributed by atoms with Gasteiger partial charge in [0, 0.05) is 31.5 Å². The smallest absolute Gasteiger partial charge is 0.336 e. The highest BCUT2D eigenvalue weighted by molar-refractivity contribution is 6.05. The second-order valence-corrected chi connectivity index (χ2v) is 9.39. The third-order valence-corrected chi connectivity index (χ3v) is 6.91. The summed E-state index contributed by atoms with van der Waals surface area (Å²) in [4.78, 5) is 52.8. The number of aliphatic hydroxyl groups is 1. The molecule has 1 fully saturated rings. The number of carbonyl (C=O) groups excluding carboxylic acids is 2. The molecule has 1 aromatic heterocycles. The predicted molar refractivity (Wildman–Crippen MR) is 125 cm³/mol. The second kappa shape index (κ2) is 9.91. The van der Waals surface area contributed by atoms with Gasteiger partial charge >= 0.3 is 11.9 Å². The van der Waals surface area contributed by atoms with Crippen LogP contribution < -0.4 is 0 Å². The monoisotopic (exact) mass is 515 g/mol. The Morgan fingerprint density at radius 1 is 1.08 bits per heavy atom. The van der Waals surface area contributed by atoms with Crippen molar-refractivity contribution in [3.63, 3.8) is 0 Å². The Morgan fingerprint density at radius 3 is 2.32 bits per heavy atom. The van der Waals surface area contributed by atoms with Crippen LogP contribution in [0.4, 0.5) is 4.39 Å². The van der Waals surface area contributed by atoms with Gasteiger partial charge in [-0.2, -0.15) is 0 Å². The maximum absolute atomic E-state index is 13.9. The number of amides is 1. The van der Waals surface area contributed by atoms with Crippen molar-refractivity contribution in [2.24, 2.45) is 11.3 Å². The Morgan fingerprint density at radius 2 is 1.73 bits per heavy atom. The summed E-state index contributed by atoms with van der Waals surface area (Å²) in [6, 6.07) is 6.71. The Labute approximate surface area is 210 Å². The number of benzene rings is 1. The molecule has 10 nitrogen and oxygen atoms in total. The Balaban J connectivity index is 1.82. The predicted octanol–water partition coefficient (Wildman–Crippen LogP) is 2.15. The zero-order chi connectivity index (χ0) is 27.0. The molecule has 0 radical (unpaired) electrons. The van der Waals surface area contributed by atoms with E-state index in [1.807, 2.05) is 0 Å². The number of aliphatic carboxylic acids is 2. The van der Waals surface area contributed by atoms with E-state index in [4.69, 9.17) is 9.15 Å². The van der Waals surface area contributed by atoms with E-state index in [0.29, 0.717) is 31.9 Å². The van der Waals surface area contributed by atoms with Crippen LogP contribution in [0.3, 0.4) is 0 Å². The summed E-state index contributed by atoms with van der Waals surface area (Å²) in [5.74, 6) is -7.97. The number of morpholine rings is 1. The van der Waals surface area contributed by atoms with Gasteiger partial charge in [-0.1, -0.05) is 24.3 Å². The molecule has 0 bridgehead atoms. The van der Waals surface area contributed by atoms with Crippen LogP contribution in [0, 0.1) is 17.2 Å². The van der Waals surface area contributed by atoms with Crippen molar-refractivity contribution in [2.45, 2.75) is 25.4 Å². The number of hydrogen-bond donors (Lipinski definition) is 3. The van der Waals surface area contributed by atoms with Crippen molar-refractivity contribution < 1.29 is 48.0 Å². The van der Waals surface area contributed by atoms with Gasteiger partial charge in [0.1, 0.15) is 5.82 Å². The molecule has 1 saturated heterocycles. The van der Waals surface area contributed by atoms with Crippen LogP contribution in [-0.4, -0.2) is 75.8 Å². The standard InChI is InChI=1S/C26H26FNO9/c1-25(23(31)32)7-2-8-26(35,24(33)34)21(25)19(29)20-16(13-15-3-5-17(27)6-4-15)14-18(37-20)22(30)28-9-11-36-12-10-28/h2-7,14,21,35H,8-13H2,1H3,(H,31,32)(H,33,34). The number of rotatable bonds is 7. The molecule has 2 aromatic rings. The lowest BCUT2D eigenvalue weighted by Gasteiger charge is -2.41. The summed E-state index contributed by atoms with van der Waals surface area (Å²) >= 11 is 0. The molecule has 196 valence electrons. The number of ether oxygens (including phenoxy) is 1. The molecule has 11 heteroatoms. The minimum Gasteiger partial charge on any atom is -0.481 e. The average molecular weight is 515 g/mol. The maximum atomic E-state index is 13.9. The number of Topliss-reactive ketones (excluding diaryl/α,β-unsaturated/α-hetero) is 1. The van der Waals surface area contributed by atoms with Crippen LogP contribution in [0.2, 0.25) is 0 Å². The van der Waals surface area contributed by atoms with Crippen LogP contribution in [0.15, 0.2) is 46.9 Å². The molecule has 37 heavy (non-hydrogen) atoms. The van der Waals surface area contributed by atoms with E-state index in [0.717, 1.165) is 6.92 Å². The number of furan rings is 1. The SMILES string of the molecule is CC1(C(=O)O)C=CCC(O)(C(=O)O)C1C(=O)c1oc(C(=O)N2CCOCC2)cc1Cc1ccc(F)cc1. The van der Waals surface area contributed by atoms with Crippen LogP contribution in [0.25, 0.3) is 0 Å². The molecule has 0 spiro atoms. The lowest BCUT2D eigenvalue weighted by molar-refractivity contribution is -0.172. The van der Waals surface area contributed by atoms with Gasteiger partial charge in [-0.3, -0.25) is 14.4 Å². The maximum Gasteiger partial charge on any atom is 0.336 e. The Hall–Kier alpha value is -3.83. The number of hydrogen-bond acceptors (Lipinski definition) is 7. The van der Waals surface area contributed by atoms with Crippen molar-refractivity contribution in [3.05, 3.63) is 70.9 Å². The van der Waals surface area contributed by atoms with Crippen molar-refractivity contribution in [3.8, 4) is 0 Å². The molecule has 0 saturated carbocycles. The summed E-state index contributed by atoms with van der Waals surface area (Å²) in [6.07, 6.45) is 1.88. The van der Waals surface area contributed by atoms with Gasteiger partial charge in [0.2, 0.25) is 5.78 Å². The molecule has 1 aliphatic carbocycles. The number of nitrogens with zero attached hydrogens (tertiary/aromatic N) is 1. The molecule has 1 amide bonds. The first-order chi connectivity index (χ1) is 17.5. The van der Waals surface area contributed by atoms with E-state index in [2.05, 4.69) is 0 Å². The van der Waals surface area contributed by atoms with E-state index in [-0.39, 0.29) is 17.7 Å². The minimum absolute atomic E-state index is 0.000903. The van der Waals surface area contributed by atoms with Crippen LogP contribution >= 0.6 is 0 Å². The third-order valence-electron chi connectivity index (χ3n) is 6.91. The highest BCUT2D eigenvalue weighted by Crippen LogP contribution is 2.45. The third kappa shape index (κ3) is 4.79. The first-order valence-electron chi connectivity index (χ1n) is 11.6. The zero-order valence-corrected chi connectivity index (χ0v) is 20.0. The number of carboxylic acid groups (broad SMARTS) is 2. The lowest BCUT2D eigenvalue weighted by atomic mass is 9.61. The van der Waals surface area contributed by atoms with E-state index < -0.39 is 58.6 Å². The molecule has 3 unspecified atom stereocenters. The van der Waals surface area contributed by atoms with Gasteiger partial charge in [-0.05, 0) is 30.7 Å². The molecule has 4 rings (SSSR count). The normalized spacial score (nSPS) is 25.6. The summed E-state index contributed by atoms with van der Waals surface area (Å²) < 4.78 is 24.4. The van der Waals surface area contributed by atoms with E-state index in [9.17, 15) is 38.9 Å². The van der Waals surface area contributed by atoms with Crippen molar-refractivity contribution >= 4 is 23.6 Å². The molecular weight excluding hydrogens is 489 g/mol. The largest absolute Gasteiger partial charge is 0.481 e. The lowest BCUT2D eigenvalue weighted by Crippen LogP contribution is -2.59. The van der Waals surface area contributed by atoms with Gasteiger partial charge in [0.15, 0.2) is 17.1 Å². The molecule has 3 atom stereocenters. The van der Waals surface area contributed by atoms with Crippen LogP contribution in [-0.2, 0) is 20.7 Å². The summed E-state index contributed by atoms with van der Waals surface area (Å²) in [5.41, 5.74) is -4.10. The first kappa shape index (κ1) is 26.2. The quantitative estimate of drug-likeness (QED) is 0.372. The van der Waals surface area contributed by atoms with Crippen molar-refractivity contribution in [2.75, 3.05) is 26.3 Å². The summed E-state index contributed by atoms with van der Waals surface area (Å²) in [7, 11) is 0. The summed E-state index contributed by atoms with van der Waals surface area (Å²) in [5, 5.41) is 30.8. The minimum atomic E-state index is -2.74. The zero-order valence-electron chi connectivity index (χ0n) is 20.0. The molecule has 3 N–H and O–H groups in total. The topological polar surface area (TPSA) is 155 Å². The van der Waals surface area contributed by atoms with Crippen molar-refractivity contribution in [1.82, 2.24) is 4.90 Å². The highest BCUT2D eigenvalue weighted by atomic mass is 19.1. The van der Waals surface area contributed by atoms with E-state index in [1.165, 1.54) is 47.4 Å². The molecular formula is C26H26FNO9. The molecule has 2 heterocycles. The molecule has 1 aromatic carbocycles. The number of carbonyl (C=O) groups is 4. The first-order valence-corrected chi connectivity index (χ1v) is 11.6. The van der Waals surface area contributed by atoms with Gasteiger partial charge in [-0.15, -0.1) is 0 Å². The fourth-order valence-electron chi connectivity index (χ4n) is 4.84. The summed E-state index contributed by atoms with van der Waals surface area (Å²) in [6.45, 7) is 2.36. The Kier molecular flexibility index (Phi) is 7.03. The highest BCUT2D eigenvalue weighted by Gasteiger charge is 2.61. The fraction of sp³-hybridized carbons (Fsp3) is 0.385.